The Morgan fingerprint density at radius 3 is 0.882 bits per heavy atom. The van der Waals surface area contributed by atoms with Gasteiger partial charge in [0.25, 0.3) is 0 Å². The van der Waals surface area contributed by atoms with Crippen LogP contribution in [0.5, 0.6) is 0 Å². The second kappa shape index (κ2) is 25.8. The molecule has 30 atom stereocenters. The number of aliphatic hydroxyl groups is 17. The first-order chi connectivity index (χ1) is 36.4. The van der Waals surface area contributed by atoms with Gasteiger partial charge in [0.2, 0.25) is 0 Å². The van der Waals surface area contributed by atoms with Crippen LogP contribution in [-0.2, 0) is 66.4 Å². The average Bonchev–Trinajstić information content (AvgIpc) is 3.43. The highest BCUT2D eigenvalue weighted by molar-refractivity contribution is 5.87. The fraction of sp³-hybridized carbons (Fsp3) is 0.800. The van der Waals surface area contributed by atoms with Gasteiger partial charge in [0, 0.05) is 6.08 Å². The van der Waals surface area contributed by atoms with Crippen molar-refractivity contribution in [2.24, 2.45) is 0 Å². The Balaban J connectivity index is 1.12. The number of esters is 1. The van der Waals surface area contributed by atoms with Crippen LogP contribution in [0, 0.1) is 0 Å². The molecule has 432 valence electrons. The van der Waals surface area contributed by atoms with E-state index in [1.165, 1.54) is 6.08 Å². The van der Waals surface area contributed by atoms with Crippen LogP contribution >= 0.6 is 0 Å². The monoisotopic (exact) mass is 1100 g/mol. The van der Waals surface area contributed by atoms with E-state index in [0.717, 1.165) is 6.08 Å². The Morgan fingerprint density at radius 1 is 0.355 bits per heavy atom. The first-order valence-electron chi connectivity index (χ1n) is 24.3. The molecule has 17 rings (SSSR count). The van der Waals surface area contributed by atoms with Gasteiger partial charge >= 0.3 is 5.97 Å². The van der Waals surface area contributed by atoms with Gasteiger partial charge in [-0.2, -0.15) is 0 Å². The summed E-state index contributed by atoms with van der Waals surface area (Å²) in [7, 11) is 0. The van der Waals surface area contributed by atoms with Gasteiger partial charge in [-0.1, -0.05) is 30.3 Å². The maximum Gasteiger partial charge on any atom is 0.331 e. The maximum atomic E-state index is 13.4. The molecular weight excluding hydrogens is 1040 g/mol. The molecule has 0 spiro atoms. The van der Waals surface area contributed by atoms with E-state index >= 15 is 0 Å². The second-order valence-electron chi connectivity index (χ2n) is 19.0. The summed E-state index contributed by atoms with van der Waals surface area (Å²) in [5.74, 6) is -1.15. The molecule has 16 aliphatic heterocycles. The van der Waals surface area contributed by atoms with E-state index in [2.05, 4.69) is 0 Å². The van der Waals surface area contributed by atoms with E-state index in [0.29, 0.717) is 5.56 Å². The van der Waals surface area contributed by atoms with Gasteiger partial charge in [0.15, 0.2) is 43.8 Å². The molecule has 1 aromatic rings. The molecule has 16 saturated heterocycles. The molecule has 12 bridgehead atoms. The standard InChI is InChI=1S/C45H66O31/c46-8-15-33-22(53)27(58)40(64-15)71-34-16(9-47)65-42(28(59)23(34)54)73-36-18(11-49)67-44(30(61)25(36)56)75-38-20(13-51)69-45(39(32(38)63)70-21(52)7-6-14-4-2-1-3-5-14)76-37-19(12-50)68-43(31(62)26(37)57)74-35-17(10-48)66-41(72-33)29(60)24(35)55/h1-7,15-20,22-51,53-63H,8-13H2/b7-6+/t15-,16-,17-,18-,19-,20-,22-,23-,24-,25-,26-,27-,28-,29-,30-,31-,32+,33-,34-,35-,36-,37-,38-,39-,40-,41-,42-,43-,44-,45-/m1/s1. The minimum absolute atomic E-state index is 0.530. The lowest BCUT2D eigenvalue weighted by atomic mass is 9.94. The van der Waals surface area contributed by atoms with Gasteiger partial charge in [0.05, 0.1) is 39.6 Å². The van der Waals surface area contributed by atoms with E-state index in [1.54, 1.807) is 30.3 Å². The van der Waals surface area contributed by atoms with Crippen molar-refractivity contribution < 1.29 is 153 Å². The number of ether oxygens (including phenoxy) is 13. The number of carbonyl (C=O) groups excluding carboxylic acids is 1. The third kappa shape index (κ3) is 12.1. The number of rotatable bonds is 9. The summed E-state index contributed by atoms with van der Waals surface area (Å²) >= 11 is 0. The molecule has 31 nitrogen and oxygen atoms in total. The molecule has 0 saturated carbocycles. The largest absolute Gasteiger partial charge is 0.451 e. The minimum atomic E-state index is -2.21. The first kappa shape index (κ1) is 59.4. The second-order valence-corrected chi connectivity index (χ2v) is 19.0. The smallest absolute Gasteiger partial charge is 0.331 e. The molecular formula is C45H66O31. The van der Waals surface area contributed by atoms with Crippen molar-refractivity contribution in [2.75, 3.05) is 39.6 Å². The topological polar surface area (TPSA) is 481 Å². The van der Waals surface area contributed by atoms with Crippen molar-refractivity contribution in [3.05, 3.63) is 42.0 Å². The number of hydrogen-bond acceptors (Lipinski definition) is 31. The van der Waals surface area contributed by atoms with E-state index < -0.39 is 230 Å². The molecule has 1 aromatic carbocycles. The van der Waals surface area contributed by atoms with Crippen molar-refractivity contribution in [3.8, 4) is 0 Å². The Labute approximate surface area is 430 Å². The predicted octanol–water partition coefficient (Wildman–Crippen LogP) is -10.8. The molecule has 17 N–H and O–H groups in total. The van der Waals surface area contributed by atoms with Crippen molar-refractivity contribution in [3.63, 3.8) is 0 Å². The molecule has 0 aromatic heterocycles. The SMILES string of the molecule is O=C(/C=C/c1ccccc1)O[C@H]1[C@H]2O[C@H]3[C@H](O)[C@@H](O)[C@@H](O[C@H]4[C@H](O)[C@@H](O)[C@@H](O[C@H]5[C@H](O)[C@@H](O)[C@@H](O[C@H]6[C@H](O)[C@@H](O)[C@@H](O[C@H]7[C@H](O)[C@@H](O)[C@@H](O[C@@H]([C@@H]1O)[C@@H](CO)O2)O[C@@H]7CO)O[C@@H]6CO)O[C@@H]5CO)O[C@@H]4CO)O[C@@H]3CO. The average molecular weight is 1100 g/mol. The third-order valence-electron chi connectivity index (χ3n) is 14.1. The lowest BCUT2D eigenvalue weighted by Gasteiger charge is -2.51. The van der Waals surface area contributed by atoms with Crippen LogP contribution in [0.25, 0.3) is 6.08 Å². The highest BCUT2D eigenvalue weighted by atomic mass is 16.8. The summed E-state index contributed by atoms with van der Waals surface area (Å²) in [5.41, 5.74) is 0.530. The fourth-order valence-electron chi connectivity index (χ4n) is 9.94. The molecule has 0 amide bonds. The van der Waals surface area contributed by atoms with Crippen LogP contribution in [-0.4, -0.2) is 317 Å². The molecule has 16 aliphatic rings. The maximum absolute atomic E-state index is 13.4. The van der Waals surface area contributed by atoms with Crippen LogP contribution in [0.15, 0.2) is 36.4 Å². The van der Waals surface area contributed by atoms with Gasteiger partial charge in [0.1, 0.15) is 140 Å². The first-order valence-corrected chi connectivity index (χ1v) is 24.3. The van der Waals surface area contributed by atoms with Crippen molar-refractivity contribution >= 4 is 12.0 Å². The van der Waals surface area contributed by atoms with E-state index in [1.807, 2.05) is 0 Å². The molecule has 16 heterocycles. The molecule has 31 heteroatoms. The lowest BCUT2D eigenvalue weighted by Crippen LogP contribution is -2.69. The van der Waals surface area contributed by atoms with Crippen molar-refractivity contribution in [2.45, 2.75) is 184 Å². The van der Waals surface area contributed by atoms with Crippen molar-refractivity contribution in [1.29, 1.82) is 0 Å². The minimum Gasteiger partial charge on any atom is -0.451 e. The summed E-state index contributed by atoms with van der Waals surface area (Å²) in [6, 6.07) is 8.34. The van der Waals surface area contributed by atoms with Crippen LogP contribution in [0.3, 0.4) is 0 Å². The Bertz CT molecular complexity index is 2000. The quantitative estimate of drug-likeness (QED) is 0.0806. The van der Waals surface area contributed by atoms with E-state index in [4.69, 9.17) is 61.6 Å². The number of benzene rings is 1. The van der Waals surface area contributed by atoms with Gasteiger partial charge in [-0.3, -0.25) is 0 Å². The van der Waals surface area contributed by atoms with E-state index in [9.17, 15) is 91.6 Å². The van der Waals surface area contributed by atoms with Crippen LogP contribution in [0.2, 0.25) is 0 Å². The normalized spacial score (nSPS) is 49.6. The number of carbonyl (C=O) groups is 1. The highest BCUT2D eigenvalue weighted by Crippen LogP contribution is 2.38. The third-order valence-corrected chi connectivity index (χ3v) is 14.1. The summed E-state index contributed by atoms with van der Waals surface area (Å²) in [4.78, 5) is 13.4. The van der Waals surface area contributed by atoms with Crippen LogP contribution in [0.4, 0.5) is 0 Å². The number of aliphatic hydroxyl groups excluding tert-OH is 17. The summed E-state index contributed by atoms with van der Waals surface area (Å²) in [6.07, 6.45) is -57.4. The number of hydrogen-bond donors (Lipinski definition) is 17. The summed E-state index contributed by atoms with van der Waals surface area (Å²) < 4.78 is 75.0. The highest BCUT2D eigenvalue weighted by Gasteiger charge is 2.59. The summed E-state index contributed by atoms with van der Waals surface area (Å²) in [6.45, 7) is -6.19. The van der Waals surface area contributed by atoms with Crippen molar-refractivity contribution in [1.82, 2.24) is 0 Å². The predicted molar refractivity (Wildman–Crippen MR) is 235 cm³/mol. The van der Waals surface area contributed by atoms with Gasteiger partial charge < -0.3 is 148 Å². The molecule has 0 aliphatic carbocycles. The zero-order valence-electron chi connectivity index (χ0n) is 39.9. The zero-order chi connectivity index (χ0) is 54.9. The fourth-order valence-corrected chi connectivity index (χ4v) is 9.94. The molecule has 0 radical (unpaired) electrons. The van der Waals surface area contributed by atoms with Gasteiger partial charge in [-0.15, -0.1) is 0 Å². The van der Waals surface area contributed by atoms with Gasteiger partial charge in [-0.05, 0) is 11.6 Å². The van der Waals surface area contributed by atoms with Crippen LogP contribution < -0.4 is 0 Å². The molecule has 16 fully saturated rings. The molecule has 0 unspecified atom stereocenters. The summed E-state index contributed by atoms with van der Waals surface area (Å²) in [5, 5.41) is 188. The lowest BCUT2D eigenvalue weighted by molar-refractivity contribution is -0.404. The Kier molecular flexibility index (Phi) is 20.2. The Hall–Kier alpha value is -2.73. The van der Waals surface area contributed by atoms with Gasteiger partial charge in [-0.25, -0.2) is 4.79 Å². The Morgan fingerprint density at radius 2 is 0.605 bits per heavy atom. The van der Waals surface area contributed by atoms with E-state index in [-0.39, 0.29) is 0 Å². The zero-order valence-corrected chi connectivity index (χ0v) is 39.9. The molecule has 76 heavy (non-hydrogen) atoms. The van der Waals surface area contributed by atoms with Crippen LogP contribution in [0.1, 0.15) is 5.56 Å².